The molecule has 0 heterocycles. The number of carbonyl (C=O) groups is 1. The number of esters is 1. The highest BCUT2D eigenvalue weighted by Crippen LogP contribution is 2.30. The van der Waals surface area contributed by atoms with Gasteiger partial charge < -0.3 is 9.47 Å². The Morgan fingerprint density at radius 3 is 2.64 bits per heavy atom. The number of hydrogen-bond acceptors (Lipinski definition) is 6. The van der Waals surface area contributed by atoms with Gasteiger partial charge in [0.05, 0.1) is 23.7 Å². The maximum Gasteiger partial charge on any atom is 0.343 e. The number of nitrogens with zero attached hydrogens (tertiary/aromatic N) is 2. The van der Waals surface area contributed by atoms with Crippen molar-refractivity contribution in [2.24, 2.45) is 0 Å². The second-order valence-electron chi connectivity index (χ2n) is 5.02. The molecule has 0 saturated carbocycles. The highest BCUT2D eigenvalue weighted by atomic mass is 16.6. The molecule has 2 rings (SSSR count). The lowest BCUT2D eigenvalue weighted by Crippen LogP contribution is -2.10. The molecule has 0 spiro atoms. The molecule has 7 nitrogen and oxygen atoms in total. The molecule has 0 aliphatic rings. The van der Waals surface area contributed by atoms with Gasteiger partial charge in [0.25, 0.3) is 5.69 Å². The summed E-state index contributed by atoms with van der Waals surface area (Å²) in [4.78, 5) is 22.7. The summed E-state index contributed by atoms with van der Waals surface area (Å²) in [7, 11) is 1.42. The molecule has 0 N–H and O–H groups in total. The van der Waals surface area contributed by atoms with Crippen molar-refractivity contribution >= 4 is 17.7 Å². The van der Waals surface area contributed by atoms with Gasteiger partial charge in [-0.15, -0.1) is 0 Å². The van der Waals surface area contributed by atoms with Crippen LogP contribution in [0.5, 0.6) is 11.5 Å². The lowest BCUT2D eigenvalue weighted by molar-refractivity contribution is -0.385. The van der Waals surface area contributed by atoms with Crippen LogP contribution in [-0.4, -0.2) is 18.0 Å². The first-order valence-electron chi connectivity index (χ1n) is 7.17. The minimum Gasteiger partial charge on any atom is -0.493 e. The van der Waals surface area contributed by atoms with Crippen molar-refractivity contribution in [1.29, 1.82) is 5.26 Å². The van der Waals surface area contributed by atoms with E-state index in [1.807, 2.05) is 6.07 Å². The SMILES string of the molecule is COc1cc(/C=C\C#N)ccc1OC(=O)c1ccc(C)c([N+](=O)[O-])c1. The van der Waals surface area contributed by atoms with Crippen molar-refractivity contribution in [2.45, 2.75) is 6.92 Å². The first-order chi connectivity index (χ1) is 12.0. The zero-order chi connectivity index (χ0) is 18.4. The molecule has 2 aromatic carbocycles. The number of nitro benzene ring substituents is 1. The summed E-state index contributed by atoms with van der Waals surface area (Å²) in [6, 6.07) is 10.8. The Morgan fingerprint density at radius 1 is 1.24 bits per heavy atom. The molecule has 7 heteroatoms. The lowest BCUT2D eigenvalue weighted by atomic mass is 10.1. The van der Waals surface area contributed by atoms with Crippen LogP contribution in [-0.2, 0) is 0 Å². The van der Waals surface area contributed by atoms with Crippen LogP contribution in [0.25, 0.3) is 6.08 Å². The molecule has 0 radical (unpaired) electrons. The number of methoxy groups -OCH3 is 1. The molecular weight excluding hydrogens is 324 g/mol. The van der Waals surface area contributed by atoms with E-state index in [1.165, 1.54) is 37.5 Å². The minimum atomic E-state index is -0.735. The van der Waals surface area contributed by atoms with Crippen molar-refractivity contribution in [3.63, 3.8) is 0 Å². The van der Waals surface area contributed by atoms with E-state index in [-0.39, 0.29) is 17.0 Å². The van der Waals surface area contributed by atoms with Gasteiger partial charge in [-0.05, 0) is 36.8 Å². The van der Waals surface area contributed by atoms with Crippen LogP contribution in [0.2, 0.25) is 0 Å². The van der Waals surface area contributed by atoms with Crippen LogP contribution in [0, 0.1) is 28.4 Å². The maximum atomic E-state index is 12.3. The highest BCUT2D eigenvalue weighted by Gasteiger charge is 2.18. The Balaban J connectivity index is 2.29. The number of rotatable bonds is 5. The summed E-state index contributed by atoms with van der Waals surface area (Å²) in [5.74, 6) is -0.262. The van der Waals surface area contributed by atoms with E-state index in [4.69, 9.17) is 14.7 Å². The molecule has 0 unspecified atom stereocenters. The standard InChI is InChI=1S/C18H14N2O5/c1-12-5-7-14(11-15(12)20(22)23)18(21)25-16-8-6-13(4-3-9-19)10-17(16)24-2/h3-8,10-11H,1-2H3/b4-3-. The number of carbonyl (C=O) groups excluding carboxylic acids is 1. The fourth-order valence-electron chi connectivity index (χ4n) is 2.10. The summed E-state index contributed by atoms with van der Waals surface area (Å²) < 4.78 is 10.5. The average molecular weight is 338 g/mol. The number of nitriles is 1. The van der Waals surface area contributed by atoms with Gasteiger partial charge >= 0.3 is 5.97 Å². The third-order valence-corrected chi connectivity index (χ3v) is 3.38. The molecule has 25 heavy (non-hydrogen) atoms. The Bertz CT molecular complexity index is 897. The Labute approximate surface area is 143 Å². The second-order valence-corrected chi connectivity index (χ2v) is 5.02. The molecule has 0 atom stereocenters. The molecule has 0 aliphatic carbocycles. The van der Waals surface area contributed by atoms with Crippen molar-refractivity contribution in [3.8, 4) is 17.6 Å². The predicted molar refractivity (Wildman–Crippen MR) is 90.4 cm³/mol. The number of aryl methyl sites for hydroxylation is 1. The first-order valence-corrected chi connectivity index (χ1v) is 7.17. The van der Waals surface area contributed by atoms with E-state index < -0.39 is 10.9 Å². The monoisotopic (exact) mass is 338 g/mol. The highest BCUT2D eigenvalue weighted by molar-refractivity contribution is 5.92. The molecule has 0 aliphatic heterocycles. The Morgan fingerprint density at radius 2 is 2.00 bits per heavy atom. The third kappa shape index (κ3) is 4.20. The zero-order valence-corrected chi connectivity index (χ0v) is 13.6. The summed E-state index contributed by atoms with van der Waals surface area (Å²) in [5, 5.41) is 19.5. The van der Waals surface area contributed by atoms with E-state index in [0.29, 0.717) is 16.9 Å². The average Bonchev–Trinajstić information content (AvgIpc) is 2.60. The number of allylic oxidation sites excluding steroid dienone is 1. The fourth-order valence-corrected chi connectivity index (χ4v) is 2.10. The summed E-state index contributed by atoms with van der Waals surface area (Å²) in [6.07, 6.45) is 2.89. The van der Waals surface area contributed by atoms with Crippen molar-refractivity contribution in [1.82, 2.24) is 0 Å². The van der Waals surface area contributed by atoms with Crippen LogP contribution in [0.4, 0.5) is 5.69 Å². The maximum absolute atomic E-state index is 12.3. The van der Waals surface area contributed by atoms with E-state index in [0.717, 1.165) is 0 Å². The molecule has 0 bridgehead atoms. The normalized spacial score (nSPS) is 10.3. The largest absolute Gasteiger partial charge is 0.493 e. The molecule has 0 amide bonds. The van der Waals surface area contributed by atoms with Gasteiger partial charge in [-0.2, -0.15) is 5.26 Å². The summed E-state index contributed by atoms with van der Waals surface area (Å²) >= 11 is 0. The summed E-state index contributed by atoms with van der Waals surface area (Å²) in [6.45, 7) is 1.59. The van der Waals surface area contributed by atoms with Gasteiger partial charge in [0.2, 0.25) is 0 Å². The van der Waals surface area contributed by atoms with Crippen LogP contribution in [0.1, 0.15) is 21.5 Å². The van der Waals surface area contributed by atoms with Crippen molar-refractivity contribution in [3.05, 3.63) is 69.3 Å². The van der Waals surface area contributed by atoms with Crippen LogP contribution in [0.15, 0.2) is 42.5 Å². The van der Waals surface area contributed by atoms with Gasteiger partial charge in [-0.25, -0.2) is 4.79 Å². The van der Waals surface area contributed by atoms with Gasteiger partial charge in [-0.3, -0.25) is 10.1 Å². The molecule has 0 aromatic heterocycles. The number of nitro groups is 1. The smallest absolute Gasteiger partial charge is 0.343 e. The van der Waals surface area contributed by atoms with E-state index >= 15 is 0 Å². The van der Waals surface area contributed by atoms with Gasteiger partial charge in [0.1, 0.15) is 0 Å². The molecule has 0 saturated heterocycles. The van der Waals surface area contributed by atoms with Crippen molar-refractivity contribution in [2.75, 3.05) is 7.11 Å². The van der Waals surface area contributed by atoms with Gasteiger partial charge in [0, 0.05) is 17.7 Å². The first kappa shape index (κ1) is 17.7. The lowest BCUT2D eigenvalue weighted by Gasteiger charge is -2.10. The third-order valence-electron chi connectivity index (χ3n) is 3.38. The quantitative estimate of drug-likeness (QED) is 0.271. The number of ether oxygens (including phenoxy) is 2. The summed E-state index contributed by atoms with van der Waals surface area (Å²) in [5.41, 5.74) is 1.06. The molecule has 126 valence electrons. The number of hydrogen-bond donors (Lipinski definition) is 0. The Kier molecular flexibility index (Phi) is 5.48. The molecule has 2 aromatic rings. The van der Waals surface area contributed by atoms with Gasteiger partial charge in [0.15, 0.2) is 11.5 Å². The van der Waals surface area contributed by atoms with E-state index in [2.05, 4.69) is 0 Å². The molecular formula is C18H14N2O5. The van der Waals surface area contributed by atoms with Gasteiger partial charge in [-0.1, -0.05) is 12.1 Å². The number of benzene rings is 2. The zero-order valence-electron chi connectivity index (χ0n) is 13.6. The molecule has 0 fully saturated rings. The van der Waals surface area contributed by atoms with Crippen LogP contribution < -0.4 is 9.47 Å². The Hall–Kier alpha value is -3.66. The predicted octanol–water partition coefficient (Wildman–Crippen LogP) is 3.67. The van der Waals surface area contributed by atoms with E-state index in [9.17, 15) is 14.9 Å². The van der Waals surface area contributed by atoms with Crippen molar-refractivity contribution < 1.29 is 19.2 Å². The van der Waals surface area contributed by atoms with Crippen LogP contribution in [0.3, 0.4) is 0 Å². The minimum absolute atomic E-state index is 0.0628. The fraction of sp³-hybridized carbons (Fsp3) is 0.111. The second kappa shape index (κ2) is 7.75. The van der Waals surface area contributed by atoms with Crippen LogP contribution >= 0.6 is 0 Å². The van der Waals surface area contributed by atoms with E-state index in [1.54, 1.807) is 25.1 Å². The topological polar surface area (TPSA) is 102 Å².